The maximum absolute atomic E-state index is 12.4. The van der Waals surface area contributed by atoms with Gasteiger partial charge >= 0.3 is 0 Å². The third-order valence-corrected chi connectivity index (χ3v) is 4.03. The summed E-state index contributed by atoms with van der Waals surface area (Å²) >= 11 is 0. The smallest absolute Gasteiger partial charge is 0.230 e. The zero-order chi connectivity index (χ0) is 13.9. The fraction of sp³-hybridized carbons (Fsp3) is 0.429. The summed E-state index contributed by atoms with van der Waals surface area (Å²) in [5, 5.41) is 9.98. The van der Waals surface area contributed by atoms with Crippen LogP contribution in [0.1, 0.15) is 51.6 Å². The minimum Gasteiger partial charge on any atom is -0.492 e. The van der Waals surface area contributed by atoms with E-state index in [1.54, 1.807) is 18.4 Å². The zero-order valence-electron chi connectivity index (χ0n) is 11.1. The van der Waals surface area contributed by atoms with Crippen LogP contribution in [-0.2, 0) is 11.3 Å². The van der Waals surface area contributed by atoms with Crippen LogP contribution in [0.3, 0.4) is 0 Å². The molecule has 100 valence electrons. The van der Waals surface area contributed by atoms with Crippen molar-refractivity contribution in [3.63, 3.8) is 0 Å². The molecule has 1 unspecified atom stereocenters. The predicted molar refractivity (Wildman–Crippen MR) is 67.1 cm³/mol. The van der Waals surface area contributed by atoms with E-state index >= 15 is 0 Å². The Labute approximate surface area is 110 Å². The summed E-state index contributed by atoms with van der Waals surface area (Å²) < 4.78 is 6.85. The van der Waals surface area contributed by atoms with E-state index in [-0.39, 0.29) is 17.3 Å². The molecule has 5 nitrogen and oxygen atoms in total. The summed E-state index contributed by atoms with van der Waals surface area (Å²) in [7, 11) is 1.39. The van der Waals surface area contributed by atoms with Gasteiger partial charge in [0.15, 0.2) is 5.76 Å². The van der Waals surface area contributed by atoms with Crippen LogP contribution in [0, 0.1) is 6.92 Å². The molecular formula is C14H15NO4. The third kappa shape index (κ3) is 1.33. The van der Waals surface area contributed by atoms with Gasteiger partial charge in [0, 0.05) is 12.1 Å². The van der Waals surface area contributed by atoms with Gasteiger partial charge in [-0.25, -0.2) is 0 Å². The highest BCUT2D eigenvalue weighted by molar-refractivity contribution is 6.26. The molecule has 0 aromatic carbocycles. The number of aromatic nitrogens is 1. The largest absolute Gasteiger partial charge is 0.492 e. The van der Waals surface area contributed by atoms with Gasteiger partial charge in [0.2, 0.25) is 11.6 Å². The summed E-state index contributed by atoms with van der Waals surface area (Å²) in [5.41, 5.74) is 2.52. The molecule has 0 spiro atoms. The molecule has 5 heteroatoms. The number of aliphatic hydroxyl groups is 1. The number of rotatable bonds is 1. The van der Waals surface area contributed by atoms with Crippen LogP contribution >= 0.6 is 0 Å². The van der Waals surface area contributed by atoms with Crippen LogP contribution in [0.5, 0.6) is 0 Å². The van der Waals surface area contributed by atoms with Gasteiger partial charge in [0.25, 0.3) is 0 Å². The van der Waals surface area contributed by atoms with E-state index in [2.05, 4.69) is 0 Å². The molecular weight excluding hydrogens is 246 g/mol. The van der Waals surface area contributed by atoms with Crippen molar-refractivity contribution < 1.29 is 19.4 Å². The average molecular weight is 261 g/mol. The number of allylic oxidation sites excluding steroid dienone is 2. The number of fused-ring (bicyclic) bond motifs is 3. The first kappa shape index (κ1) is 12.2. The highest BCUT2D eigenvalue weighted by Crippen LogP contribution is 2.39. The normalized spacial score (nSPS) is 21.8. The number of ketones is 2. The lowest BCUT2D eigenvalue weighted by Gasteiger charge is -2.17. The summed E-state index contributed by atoms with van der Waals surface area (Å²) in [6, 6.07) is 0. The second-order valence-corrected chi connectivity index (χ2v) is 5.01. The van der Waals surface area contributed by atoms with Crippen LogP contribution < -0.4 is 0 Å². The molecule has 0 bridgehead atoms. The first-order valence-corrected chi connectivity index (χ1v) is 6.24. The molecule has 3 rings (SSSR count). The van der Waals surface area contributed by atoms with Crippen molar-refractivity contribution in [3.05, 3.63) is 33.8 Å². The molecule has 1 aliphatic heterocycles. The fourth-order valence-corrected chi connectivity index (χ4v) is 3.14. The van der Waals surface area contributed by atoms with Gasteiger partial charge in [-0.1, -0.05) is 0 Å². The van der Waals surface area contributed by atoms with E-state index in [0.717, 1.165) is 0 Å². The Morgan fingerprint density at radius 2 is 1.95 bits per heavy atom. The molecule has 1 aliphatic carbocycles. The predicted octanol–water partition coefficient (Wildman–Crippen LogP) is 1.53. The van der Waals surface area contributed by atoms with Gasteiger partial charge in [-0.15, -0.1) is 0 Å². The lowest BCUT2D eigenvalue weighted by Crippen LogP contribution is -2.23. The van der Waals surface area contributed by atoms with Gasteiger partial charge in [0.1, 0.15) is 5.69 Å². The van der Waals surface area contributed by atoms with E-state index in [1.165, 1.54) is 7.11 Å². The molecule has 2 heterocycles. The van der Waals surface area contributed by atoms with Crippen molar-refractivity contribution in [1.29, 1.82) is 0 Å². The Hall–Kier alpha value is -1.88. The number of aliphatic hydroxyl groups excluding tert-OH is 1. The van der Waals surface area contributed by atoms with Gasteiger partial charge in [-0.05, 0) is 25.8 Å². The van der Waals surface area contributed by atoms with Gasteiger partial charge in [-0.3, -0.25) is 9.59 Å². The van der Waals surface area contributed by atoms with Crippen LogP contribution in [0.25, 0.3) is 0 Å². The number of hydrogen-bond acceptors (Lipinski definition) is 4. The Kier molecular flexibility index (Phi) is 2.44. The van der Waals surface area contributed by atoms with Crippen molar-refractivity contribution in [2.45, 2.75) is 32.9 Å². The molecule has 0 fully saturated rings. The molecule has 0 saturated heterocycles. The van der Waals surface area contributed by atoms with E-state index < -0.39 is 6.10 Å². The quantitative estimate of drug-likeness (QED) is 0.832. The number of hydrogen-bond donors (Lipinski definition) is 1. The lowest BCUT2D eigenvalue weighted by molar-refractivity contribution is 0.0902. The summed E-state index contributed by atoms with van der Waals surface area (Å²) in [5.74, 6) is -0.338. The lowest BCUT2D eigenvalue weighted by atomic mass is 9.91. The summed E-state index contributed by atoms with van der Waals surface area (Å²) in [6.07, 6.45) is -0.0114. The van der Waals surface area contributed by atoms with Crippen LogP contribution in [0.15, 0.2) is 11.3 Å². The van der Waals surface area contributed by atoms with E-state index in [0.29, 0.717) is 41.1 Å². The van der Waals surface area contributed by atoms with Crippen LogP contribution in [0.2, 0.25) is 0 Å². The maximum Gasteiger partial charge on any atom is 0.230 e. The van der Waals surface area contributed by atoms with Gasteiger partial charge in [-0.2, -0.15) is 0 Å². The minimum atomic E-state index is -0.600. The number of nitrogens with zero attached hydrogens (tertiary/aromatic N) is 1. The number of carbonyl (C=O) groups excluding carboxylic acids is 2. The molecule has 0 saturated carbocycles. The van der Waals surface area contributed by atoms with Crippen LogP contribution in [0.4, 0.5) is 0 Å². The Balaban J connectivity index is 2.32. The van der Waals surface area contributed by atoms with Crippen molar-refractivity contribution >= 4 is 11.6 Å². The number of methoxy groups -OCH3 is 1. The van der Waals surface area contributed by atoms with Crippen molar-refractivity contribution in [2.75, 3.05) is 7.11 Å². The Morgan fingerprint density at radius 1 is 1.26 bits per heavy atom. The SMILES string of the molecule is COC1=C(C)C(=O)c2c(c(C)c3n2CCC3O)C1=O. The highest BCUT2D eigenvalue weighted by Gasteiger charge is 2.40. The summed E-state index contributed by atoms with van der Waals surface area (Å²) in [4.78, 5) is 24.8. The fourth-order valence-electron chi connectivity index (χ4n) is 3.14. The van der Waals surface area contributed by atoms with E-state index in [1.807, 2.05) is 0 Å². The molecule has 0 radical (unpaired) electrons. The molecule has 19 heavy (non-hydrogen) atoms. The maximum atomic E-state index is 12.4. The monoisotopic (exact) mass is 261 g/mol. The molecule has 1 N–H and O–H groups in total. The Morgan fingerprint density at radius 3 is 2.58 bits per heavy atom. The molecule has 1 aromatic rings. The third-order valence-electron chi connectivity index (χ3n) is 4.03. The van der Waals surface area contributed by atoms with E-state index in [9.17, 15) is 14.7 Å². The Bertz CT molecular complexity index is 651. The molecule has 1 aromatic heterocycles. The van der Waals surface area contributed by atoms with E-state index in [4.69, 9.17) is 4.74 Å². The molecule has 1 atom stereocenters. The minimum absolute atomic E-state index is 0.111. The number of ether oxygens (including phenoxy) is 1. The first-order chi connectivity index (χ1) is 8.99. The van der Waals surface area contributed by atoms with Gasteiger partial charge < -0.3 is 14.4 Å². The topological polar surface area (TPSA) is 68.5 Å². The first-order valence-electron chi connectivity index (χ1n) is 6.24. The molecule has 0 amide bonds. The highest BCUT2D eigenvalue weighted by atomic mass is 16.5. The number of Topliss-reactive ketones (excluding diaryl/α,β-unsaturated/α-hetero) is 2. The van der Waals surface area contributed by atoms with Crippen molar-refractivity contribution in [1.82, 2.24) is 4.57 Å². The van der Waals surface area contributed by atoms with Crippen molar-refractivity contribution in [3.8, 4) is 0 Å². The molecule has 2 aliphatic rings. The number of carbonyl (C=O) groups is 2. The van der Waals surface area contributed by atoms with Crippen molar-refractivity contribution in [2.24, 2.45) is 0 Å². The summed E-state index contributed by atoms with van der Waals surface area (Å²) in [6.45, 7) is 3.95. The standard InChI is InChI=1S/C14H15NO4/c1-6-9-11(15-5-4-8(16)10(6)15)12(17)7(2)14(19-3)13(9)18/h8,16H,4-5H2,1-3H3. The second-order valence-electron chi connectivity index (χ2n) is 5.01. The van der Waals surface area contributed by atoms with Gasteiger partial charge in [0.05, 0.1) is 24.5 Å². The zero-order valence-corrected chi connectivity index (χ0v) is 11.1. The second kappa shape index (κ2) is 3.81. The van der Waals surface area contributed by atoms with Crippen LogP contribution in [-0.4, -0.2) is 28.3 Å². The average Bonchev–Trinajstić information content (AvgIpc) is 2.88.